The lowest BCUT2D eigenvalue weighted by molar-refractivity contribution is 0.414. The summed E-state index contributed by atoms with van der Waals surface area (Å²) in [5, 5.41) is 8.05. The first-order valence-electron chi connectivity index (χ1n) is 7.79. The van der Waals surface area contributed by atoms with Crippen molar-refractivity contribution in [2.75, 3.05) is 12.4 Å². The predicted molar refractivity (Wildman–Crippen MR) is 105 cm³/mol. The molecule has 0 heterocycles. The van der Waals surface area contributed by atoms with Crippen molar-refractivity contribution < 1.29 is 4.74 Å². The summed E-state index contributed by atoms with van der Waals surface area (Å²) < 4.78 is 5.16. The van der Waals surface area contributed by atoms with Crippen LogP contribution < -0.4 is 15.5 Å². The number of methoxy groups -OCH3 is 1. The van der Waals surface area contributed by atoms with Crippen molar-refractivity contribution in [2.45, 2.75) is 27.2 Å². The van der Waals surface area contributed by atoms with Crippen molar-refractivity contribution >= 4 is 28.7 Å². The van der Waals surface area contributed by atoms with Gasteiger partial charge in [0, 0.05) is 17.8 Å². The highest BCUT2D eigenvalue weighted by atomic mass is 32.1. The van der Waals surface area contributed by atoms with E-state index >= 15 is 0 Å². The third kappa shape index (κ3) is 5.06. The van der Waals surface area contributed by atoms with Crippen LogP contribution in [0.5, 0.6) is 5.75 Å². The number of aryl methyl sites for hydroxylation is 2. The highest BCUT2D eigenvalue weighted by molar-refractivity contribution is 7.80. The van der Waals surface area contributed by atoms with E-state index in [1.807, 2.05) is 37.3 Å². The van der Waals surface area contributed by atoms with E-state index in [2.05, 4.69) is 41.8 Å². The first-order valence-corrected chi connectivity index (χ1v) is 8.19. The number of anilines is 1. The molecule has 0 radical (unpaired) electrons. The van der Waals surface area contributed by atoms with Gasteiger partial charge in [0.05, 0.1) is 7.11 Å². The number of hydrazone groups is 1. The van der Waals surface area contributed by atoms with Crippen LogP contribution in [0.3, 0.4) is 0 Å². The van der Waals surface area contributed by atoms with Crippen molar-refractivity contribution in [3.05, 3.63) is 59.2 Å². The fourth-order valence-corrected chi connectivity index (χ4v) is 2.53. The molecule has 2 rings (SSSR count). The summed E-state index contributed by atoms with van der Waals surface area (Å²) in [5.41, 5.74) is 8.36. The van der Waals surface area contributed by atoms with Crippen molar-refractivity contribution in [1.29, 1.82) is 0 Å². The Morgan fingerprint density at radius 1 is 1.08 bits per heavy atom. The Bertz CT molecular complexity index is 719. The molecule has 0 spiro atoms. The monoisotopic (exact) mass is 341 g/mol. The molecular weight excluding hydrogens is 318 g/mol. The second-order valence-electron chi connectivity index (χ2n) is 5.70. The largest absolute Gasteiger partial charge is 0.497 e. The van der Waals surface area contributed by atoms with Crippen molar-refractivity contribution in [2.24, 2.45) is 5.10 Å². The van der Waals surface area contributed by atoms with E-state index < -0.39 is 0 Å². The molecule has 2 aromatic carbocycles. The van der Waals surface area contributed by atoms with Crippen LogP contribution in [0.1, 0.15) is 23.6 Å². The number of para-hydroxylation sites is 1. The quantitative estimate of drug-likeness (QED) is 0.486. The van der Waals surface area contributed by atoms with Crippen molar-refractivity contribution in [3.63, 3.8) is 0 Å². The SMILES string of the molecule is COc1ccc(C/C(C)=N\NC(=S)Nc2c(C)cccc2C)cc1. The van der Waals surface area contributed by atoms with Gasteiger partial charge in [-0.1, -0.05) is 30.3 Å². The number of ether oxygens (including phenoxy) is 1. The highest BCUT2D eigenvalue weighted by Crippen LogP contribution is 2.19. The van der Waals surface area contributed by atoms with Gasteiger partial charge in [-0.3, -0.25) is 5.43 Å². The maximum absolute atomic E-state index is 5.33. The van der Waals surface area contributed by atoms with Crippen LogP contribution in [-0.4, -0.2) is 17.9 Å². The van der Waals surface area contributed by atoms with Gasteiger partial charge in [0.2, 0.25) is 0 Å². The van der Waals surface area contributed by atoms with E-state index in [1.165, 1.54) is 5.56 Å². The molecule has 0 aliphatic rings. The third-order valence-electron chi connectivity index (χ3n) is 3.69. The number of hydrogen-bond donors (Lipinski definition) is 2. The van der Waals surface area contributed by atoms with Crippen molar-refractivity contribution in [1.82, 2.24) is 5.43 Å². The zero-order valence-corrected chi connectivity index (χ0v) is 15.3. The lowest BCUT2D eigenvalue weighted by atomic mass is 10.1. The maximum atomic E-state index is 5.33. The van der Waals surface area contributed by atoms with Crippen LogP contribution in [0.15, 0.2) is 47.6 Å². The average molecular weight is 341 g/mol. The standard InChI is InChI=1S/C19H23N3OS/c1-13-6-5-7-14(2)18(13)20-19(24)22-21-15(3)12-16-8-10-17(23-4)11-9-16/h5-11H,12H2,1-4H3,(H2,20,22,24)/b21-15-. The van der Waals surface area contributed by atoms with Gasteiger partial charge in [-0.05, 0) is 61.8 Å². The van der Waals surface area contributed by atoms with E-state index in [-0.39, 0.29) is 0 Å². The number of hydrogen-bond acceptors (Lipinski definition) is 3. The zero-order chi connectivity index (χ0) is 17.5. The molecule has 0 saturated carbocycles. The van der Waals surface area contributed by atoms with Crippen LogP contribution in [-0.2, 0) is 6.42 Å². The molecule has 0 bridgehead atoms. The minimum absolute atomic E-state index is 0.487. The Labute approximate surface area is 148 Å². The number of thiocarbonyl (C=S) groups is 1. The summed E-state index contributed by atoms with van der Waals surface area (Å²) >= 11 is 5.33. The second-order valence-corrected chi connectivity index (χ2v) is 6.11. The first kappa shape index (κ1) is 17.9. The molecule has 0 aliphatic heterocycles. The Morgan fingerprint density at radius 2 is 1.71 bits per heavy atom. The molecule has 2 N–H and O–H groups in total. The van der Waals surface area contributed by atoms with Gasteiger partial charge in [-0.25, -0.2) is 0 Å². The van der Waals surface area contributed by atoms with E-state index in [0.717, 1.165) is 34.7 Å². The van der Waals surface area contributed by atoms with Crippen molar-refractivity contribution in [3.8, 4) is 5.75 Å². The van der Waals surface area contributed by atoms with Gasteiger partial charge in [-0.15, -0.1) is 0 Å². The van der Waals surface area contributed by atoms with Crippen LogP contribution >= 0.6 is 12.2 Å². The predicted octanol–water partition coefficient (Wildman–Crippen LogP) is 4.22. The molecule has 0 amide bonds. The van der Waals surface area contributed by atoms with E-state index in [1.54, 1.807) is 7.11 Å². The molecule has 0 unspecified atom stereocenters. The smallest absolute Gasteiger partial charge is 0.191 e. The Hall–Kier alpha value is -2.40. The summed E-state index contributed by atoms with van der Waals surface area (Å²) in [6.07, 6.45) is 0.753. The van der Waals surface area contributed by atoms with E-state index in [9.17, 15) is 0 Å². The number of nitrogens with one attached hydrogen (secondary N) is 2. The van der Waals surface area contributed by atoms with Gasteiger partial charge in [0.15, 0.2) is 5.11 Å². The minimum atomic E-state index is 0.487. The summed E-state index contributed by atoms with van der Waals surface area (Å²) in [4.78, 5) is 0. The van der Waals surface area contributed by atoms with Gasteiger partial charge in [0.25, 0.3) is 0 Å². The Kier molecular flexibility index (Phi) is 6.32. The van der Waals surface area contributed by atoms with Crippen LogP contribution in [0.25, 0.3) is 0 Å². The summed E-state index contributed by atoms with van der Waals surface area (Å²) in [7, 11) is 1.66. The normalized spacial score (nSPS) is 11.1. The molecule has 0 atom stereocenters. The molecule has 0 saturated heterocycles. The molecule has 2 aromatic rings. The molecule has 4 nitrogen and oxygen atoms in total. The fourth-order valence-electron chi connectivity index (χ4n) is 2.38. The fraction of sp³-hybridized carbons (Fsp3) is 0.263. The molecule has 0 aliphatic carbocycles. The zero-order valence-electron chi connectivity index (χ0n) is 14.5. The lowest BCUT2D eigenvalue weighted by Gasteiger charge is -2.13. The number of benzene rings is 2. The summed E-state index contributed by atoms with van der Waals surface area (Å²) in [5.74, 6) is 0.852. The minimum Gasteiger partial charge on any atom is -0.497 e. The van der Waals surface area contributed by atoms with Crippen LogP contribution in [0.4, 0.5) is 5.69 Å². The van der Waals surface area contributed by atoms with Crippen LogP contribution in [0, 0.1) is 13.8 Å². The lowest BCUT2D eigenvalue weighted by Crippen LogP contribution is -2.25. The third-order valence-corrected chi connectivity index (χ3v) is 3.88. The average Bonchev–Trinajstić information content (AvgIpc) is 2.57. The molecule has 126 valence electrons. The van der Waals surface area contributed by atoms with E-state index in [0.29, 0.717) is 5.11 Å². The van der Waals surface area contributed by atoms with Gasteiger partial charge in [0.1, 0.15) is 5.75 Å². The number of nitrogens with zero attached hydrogens (tertiary/aromatic N) is 1. The van der Waals surface area contributed by atoms with Gasteiger partial charge >= 0.3 is 0 Å². The Balaban J connectivity index is 1.92. The summed E-state index contributed by atoms with van der Waals surface area (Å²) in [6.45, 7) is 6.07. The molecule has 5 heteroatoms. The highest BCUT2D eigenvalue weighted by Gasteiger charge is 2.04. The Morgan fingerprint density at radius 3 is 2.29 bits per heavy atom. The second kappa shape index (κ2) is 8.45. The van der Waals surface area contributed by atoms with Gasteiger partial charge in [-0.2, -0.15) is 5.10 Å². The molecule has 0 fully saturated rings. The number of rotatable bonds is 5. The first-order chi connectivity index (χ1) is 11.5. The maximum Gasteiger partial charge on any atom is 0.191 e. The van der Waals surface area contributed by atoms with E-state index in [4.69, 9.17) is 17.0 Å². The van der Waals surface area contributed by atoms with Crippen LogP contribution in [0.2, 0.25) is 0 Å². The topological polar surface area (TPSA) is 45.6 Å². The molecule has 24 heavy (non-hydrogen) atoms. The molecular formula is C19H23N3OS. The summed E-state index contributed by atoms with van der Waals surface area (Å²) in [6, 6.07) is 14.1. The van der Waals surface area contributed by atoms with Gasteiger partial charge < -0.3 is 10.1 Å². The molecule has 0 aromatic heterocycles.